The average Bonchev–Trinajstić information content (AvgIpc) is 2.88. The molecule has 1 heterocycles. The normalized spacial score (nSPS) is 36.4. The topological polar surface area (TPSA) is 124 Å². The van der Waals surface area contributed by atoms with Crippen molar-refractivity contribution < 1.29 is 34.4 Å². The van der Waals surface area contributed by atoms with E-state index in [1.165, 1.54) is 0 Å². The molecule has 0 spiro atoms. The highest BCUT2D eigenvalue weighted by molar-refractivity contribution is 5.83. The molecule has 0 radical (unpaired) electrons. The van der Waals surface area contributed by atoms with Crippen LogP contribution in [0.3, 0.4) is 0 Å². The summed E-state index contributed by atoms with van der Waals surface area (Å²) in [6.07, 6.45) is -2.15. The van der Waals surface area contributed by atoms with Crippen LogP contribution in [0.2, 0.25) is 0 Å². The first-order chi connectivity index (χ1) is 7.45. The van der Waals surface area contributed by atoms with Crippen LogP contribution >= 0.6 is 0 Å². The van der Waals surface area contributed by atoms with Crippen molar-refractivity contribution in [1.29, 1.82) is 0 Å². The molecule has 2 fully saturated rings. The Hall–Kier alpha value is -1.83. The van der Waals surface area contributed by atoms with Crippen molar-refractivity contribution in [3.63, 3.8) is 0 Å². The van der Waals surface area contributed by atoms with Crippen LogP contribution in [0.5, 0.6) is 0 Å². The van der Waals surface area contributed by atoms with Crippen molar-refractivity contribution in [2.75, 3.05) is 6.61 Å². The molecular weight excluding hydrogens is 222 g/mol. The largest absolute Gasteiger partial charge is 0.481 e. The Morgan fingerprint density at radius 3 is 2.19 bits per heavy atom. The zero-order chi connectivity index (χ0) is 12.0. The van der Waals surface area contributed by atoms with Crippen LogP contribution < -0.4 is 0 Å². The van der Waals surface area contributed by atoms with Gasteiger partial charge in [0.25, 0.3) is 0 Å². The van der Waals surface area contributed by atoms with Gasteiger partial charge in [0.1, 0.15) is 5.92 Å². The molecule has 88 valence electrons. The summed E-state index contributed by atoms with van der Waals surface area (Å²) in [7, 11) is 0. The second-order valence-electron chi connectivity index (χ2n) is 3.70. The number of amides is 1. The molecule has 2 rings (SSSR count). The second-order valence-corrected chi connectivity index (χ2v) is 3.70. The number of ether oxygens (including phenoxy) is 1. The molecule has 8 heteroatoms. The van der Waals surface area contributed by atoms with E-state index in [9.17, 15) is 14.4 Å². The monoisotopic (exact) mass is 231 g/mol. The number of carboxylic acids is 2. The molecule has 0 bridgehead atoms. The molecule has 0 unspecified atom stereocenters. The number of aliphatic carboxylic acids is 2. The lowest BCUT2D eigenvalue weighted by molar-refractivity contribution is -0.148. The summed E-state index contributed by atoms with van der Waals surface area (Å²) in [5, 5.41) is 26.4. The standard InChI is InChI=1S/C8H9NO7/c10-6(11)2-1-16-5-3(7(12)13)4(5)9(2)8(14)15/h2-5H,1H2,(H,10,11)(H,12,13)(H,14,15)/t2-,3-,4-,5+/m0/s1. The van der Waals surface area contributed by atoms with Crippen molar-refractivity contribution in [1.82, 2.24) is 4.90 Å². The lowest BCUT2D eigenvalue weighted by Crippen LogP contribution is -2.52. The minimum atomic E-state index is -1.44. The molecule has 0 aromatic heterocycles. The minimum Gasteiger partial charge on any atom is -0.481 e. The SMILES string of the molecule is O=C(O)[C@@H]1[C@H]2OC[C@@H](C(=O)O)N(C(=O)O)[C@H]21. The summed E-state index contributed by atoms with van der Waals surface area (Å²) in [5.74, 6) is -3.47. The van der Waals surface area contributed by atoms with Gasteiger partial charge in [0.15, 0.2) is 6.04 Å². The highest BCUT2D eigenvalue weighted by atomic mass is 16.5. The van der Waals surface area contributed by atoms with Crippen LogP contribution in [0.1, 0.15) is 0 Å². The van der Waals surface area contributed by atoms with Crippen LogP contribution in [-0.4, -0.2) is 63.0 Å². The fourth-order valence-corrected chi connectivity index (χ4v) is 2.03. The second kappa shape index (κ2) is 3.34. The highest BCUT2D eigenvalue weighted by Gasteiger charge is 2.65. The molecule has 0 aromatic rings. The van der Waals surface area contributed by atoms with Crippen molar-refractivity contribution in [3.05, 3.63) is 0 Å². The fourth-order valence-electron chi connectivity index (χ4n) is 2.03. The van der Waals surface area contributed by atoms with Gasteiger partial charge in [-0.3, -0.25) is 9.69 Å². The average molecular weight is 231 g/mol. The summed E-state index contributed by atoms with van der Waals surface area (Å²) in [4.78, 5) is 33.1. The molecule has 8 nitrogen and oxygen atoms in total. The Labute approximate surface area is 89.0 Å². The third kappa shape index (κ3) is 1.38. The first-order valence-electron chi connectivity index (χ1n) is 4.53. The first kappa shape index (κ1) is 10.7. The molecular formula is C8H9NO7. The number of hydrogen-bond donors (Lipinski definition) is 3. The summed E-state index contributed by atoms with van der Waals surface area (Å²) in [6, 6.07) is -2.21. The predicted octanol–water partition coefficient (Wildman–Crippen LogP) is -1.10. The third-order valence-electron chi connectivity index (χ3n) is 2.81. The third-order valence-corrected chi connectivity index (χ3v) is 2.81. The van der Waals surface area contributed by atoms with Gasteiger partial charge in [0, 0.05) is 0 Å². The van der Waals surface area contributed by atoms with E-state index in [1.807, 2.05) is 0 Å². The molecule has 2 aliphatic rings. The van der Waals surface area contributed by atoms with Gasteiger partial charge in [-0.15, -0.1) is 0 Å². The number of hydrogen-bond acceptors (Lipinski definition) is 4. The number of morpholine rings is 1. The molecule has 1 aliphatic carbocycles. The highest BCUT2D eigenvalue weighted by Crippen LogP contribution is 2.43. The van der Waals surface area contributed by atoms with Crippen molar-refractivity contribution in [2.24, 2.45) is 5.92 Å². The Kier molecular flexibility index (Phi) is 2.23. The summed E-state index contributed by atoms with van der Waals surface area (Å²) in [5.41, 5.74) is 0. The zero-order valence-electron chi connectivity index (χ0n) is 7.94. The first-order valence-corrected chi connectivity index (χ1v) is 4.53. The molecule has 1 saturated heterocycles. The number of carbonyl (C=O) groups is 3. The maximum Gasteiger partial charge on any atom is 0.408 e. The Bertz CT molecular complexity index is 367. The summed E-state index contributed by atoms with van der Waals surface area (Å²) < 4.78 is 5.01. The molecule has 16 heavy (non-hydrogen) atoms. The summed E-state index contributed by atoms with van der Waals surface area (Å²) in [6.45, 7) is -0.313. The molecule has 1 aliphatic heterocycles. The van der Waals surface area contributed by atoms with E-state index in [0.29, 0.717) is 4.90 Å². The number of rotatable bonds is 2. The Morgan fingerprint density at radius 2 is 1.75 bits per heavy atom. The Balaban J connectivity index is 2.22. The van der Waals surface area contributed by atoms with Crippen LogP contribution in [-0.2, 0) is 14.3 Å². The van der Waals surface area contributed by atoms with Crippen molar-refractivity contribution in [2.45, 2.75) is 18.2 Å². The van der Waals surface area contributed by atoms with Gasteiger partial charge >= 0.3 is 18.0 Å². The van der Waals surface area contributed by atoms with E-state index >= 15 is 0 Å². The van der Waals surface area contributed by atoms with Gasteiger partial charge in [0.2, 0.25) is 0 Å². The number of carboxylic acid groups (broad SMARTS) is 3. The van der Waals surface area contributed by atoms with Gasteiger partial charge in [-0.1, -0.05) is 0 Å². The van der Waals surface area contributed by atoms with Crippen LogP contribution in [0.25, 0.3) is 0 Å². The zero-order valence-corrected chi connectivity index (χ0v) is 7.94. The molecule has 1 amide bonds. The van der Waals surface area contributed by atoms with Crippen LogP contribution in [0, 0.1) is 5.92 Å². The molecule has 1 saturated carbocycles. The predicted molar refractivity (Wildman–Crippen MR) is 45.9 cm³/mol. The van der Waals surface area contributed by atoms with E-state index < -0.39 is 42.1 Å². The van der Waals surface area contributed by atoms with Crippen LogP contribution in [0.15, 0.2) is 0 Å². The molecule has 3 N–H and O–H groups in total. The number of nitrogens with zero attached hydrogens (tertiary/aromatic N) is 1. The maximum absolute atomic E-state index is 10.9. The van der Waals surface area contributed by atoms with Crippen molar-refractivity contribution in [3.8, 4) is 0 Å². The lowest BCUT2D eigenvalue weighted by Gasteiger charge is -2.29. The Morgan fingerprint density at radius 1 is 1.12 bits per heavy atom. The van der Waals surface area contributed by atoms with E-state index in [4.69, 9.17) is 20.1 Å². The fraction of sp³-hybridized carbons (Fsp3) is 0.625. The van der Waals surface area contributed by atoms with Crippen LogP contribution in [0.4, 0.5) is 4.79 Å². The van der Waals surface area contributed by atoms with Gasteiger partial charge in [0.05, 0.1) is 18.8 Å². The summed E-state index contributed by atoms with van der Waals surface area (Å²) >= 11 is 0. The van der Waals surface area contributed by atoms with Crippen molar-refractivity contribution >= 4 is 18.0 Å². The van der Waals surface area contributed by atoms with E-state index in [1.54, 1.807) is 0 Å². The van der Waals surface area contributed by atoms with E-state index in [0.717, 1.165) is 0 Å². The smallest absolute Gasteiger partial charge is 0.408 e. The quantitative estimate of drug-likeness (QED) is 0.550. The number of fused-ring (bicyclic) bond motifs is 1. The van der Waals surface area contributed by atoms with Gasteiger partial charge in [-0.25, -0.2) is 9.59 Å². The van der Waals surface area contributed by atoms with E-state index in [-0.39, 0.29) is 6.61 Å². The molecule has 4 atom stereocenters. The van der Waals surface area contributed by atoms with E-state index in [2.05, 4.69) is 0 Å². The van der Waals surface area contributed by atoms with Gasteiger partial charge in [-0.2, -0.15) is 0 Å². The van der Waals surface area contributed by atoms with Gasteiger partial charge in [-0.05, 0) is 0 Å². The lowest BCUT2D eigenvalue weighted by atomic mass is 10.2. The minimum absolute atomic E-state index is 0.313. The maximum atomic E-state index is 10.9. The molecule has 0 aromatic carbocycles. The van der Waals surface area contributed by atoms with Gasteiger partial charge < -0.3 is 20.1 Å².